The van der Waals surface area contributed by atoms with Gasteiger partial charge in [-0.25, -0.2) is 0 Å². The van der Waals surface area contributed by atoms with E-state index in [1.807, 2.05) is 30.3 Å². The second kappa shape index (κ2) is 9.48. The largest absolute Gasteiger partial charge is 0.491 e. The molecule has 0 saturated heterocycles. The lowest BCUT2D eigenvalue weighted by molar-refractivity contribution is -0.120. The van der Waals surface area contributed by atoms with Crippen LogP contribution in [0, 0.1) is 0 Å². The first-order valence-corrected chi connectivity index (χ1v) is 9.52. The van der Waals surface area contributed by atoms with E-state index in [9.17, 15) is 4.79 Å². The van der Waals surface area contributed by atoms with E-state index in [0.29, 0.717) is 24.3 Å². The monoisotopic (exact) mass is 361 g/mol. The molecule has 1 saturated carbocycles. The average Bonchev–Trinajstić information content (AvgIpc) is 3.11. The molecular weight excluding hydrogens is 338 g/mol. The predicted octanol–water partition coefficient (Wildman–Crippen LogP) is 3.62. The molecule has 0 aliphatic heterocycles. The van der Waals surface area contributed by atoms with Gasteiger partial charge in [-0.05, 0) is 25.0 Å². The van der Waals surface area contributed by atoms with Crippen molar-refractivity contribution < 1.29 is 14.3 Å². The van der Waals surface area contributed by atoms with Crippen molar-refractivity contribution >= 4 is 22.4 Å². The van der Waals surface area contributed by atoms with Crippen LogP contribution in [0.4, 0.5) is 5.13 Å². The van der Waals surface area contributed by atoms with E-state index in [-0.39, 0.29) is 12.5 Å². The SMILES string of the molecule is O=C(COCCOc1ccccc1)Nc1nnc(C2CCCCC2)s1. The quantitative estimate of drug-likeness (QED) is 0.727. The Morgan fingerprint density at radius 1 is 1.12 bits per heavy atom. The molecule has 6 nitrogen and oxygen atoms in total. The van der Waals surface area contributed by atoms with Gasteiger partial charge in [-0.2, -0.15) is 0 Å². The van der Waals surface area contributed by atoms with Gasteiger partial charge in [0.1, 0.15) is 24.0 Å². The lowest BCUT2D eigenvalue weighted by Gasteiger charge is -2.18. The van der Waals surface area contributed by atoms with E-state index in [4.69, 9.17) is 9.47 Å². The minimum absolute atomic E-state index is 0.0174. The number of carbonyl (C=O) groups excluding carboxylic acids is 1. The van der Waals surface area contributed by atoms with E-state index in [1.54, 1.807) is 0 Å². The number of para-hydroxylation sites is 1. The standard InChI is InChI=1S/C18H23N3O3S/c22-16(13-23-11-12-24-15-9-5-2-6-10-15)19-18-21-20-17(25-18)14-7-3-1-4-8-14/h2,5-6,9-10,14H,1,3-4,7-8,11-13H2,(H,19,21,22). The van der Waals surface area contributed by atoms with E-state index >= 15 is 0 Å². The zero-order chi connectivity index (χ0) is 17.3. The van der Waals surface area contributed by atoms with Gasteiger partial charge in [0.05, 0.1) is 6.61 Å². The number of nitrogens with zero attached hydrogens (tertiary/aromatic N) is 2. The second-order valence-corrected chi connectivity index (χ2v) is 7.05. The molecule has 0 atom stereocenters. The smallest absolute Gasteiger partial charge is 0.252 e. The molecule has 1 heterocycles. The Bertz CT molecular complexity index is 657. The molecule has 1 aliphatic rings. The van der Waals surface area contributed by atoms with Crippen molar-refractivity contribution in [2.24, 2.45) is 0 Å². The van der Waals surface area contributed by atoms with Gasteiger partial charge in [-0.1, -0.05) is 48.8 Å². The Morgan fingerprint density at radius 2 is 1.92 bits per heavy atom. The topological polar surface area (TPSA) is 73.3 Å². The highest BCUT2D eigenvalue weighted by Gasteiger charge is 2.20. The summed E-state index contributed by atoms with van der Waals surface area (Å²) in [6.45, 7) is 0.740. The van der Waals surface area contributed by atoms with Crippen molar-refractivity contribution in [2.45, 2.75) is 38.0 Å². The Labute approximate surface area is 151 Å². The van der Waals surface area contributed by atoms with Crippen molar-refractivity contribution in [1.29, 1.82) is 0 Å². The van der Waals surface area contributed by atoms with Gasteiger partial charge >= 0.3 is 0 Å². The van der Waals surface area contributed by atoms with Crippen molar-refractivity contribution in [1.82, 2.24) is 10.2 Å². The first-order valence-electron chi connectivity index (χ1n) is 8.70. The fraction of sp³-hybridized carbons (Fsp3) is 0.500. The number of benzene rings is 1. The third-order valence-corrected chi connectivity index (χ3v) is 5.12. The number of ether oxygens (including phenoxy) is 2. The maximum atomic E-state index is 11.9. The van der Waals surface area contributed by atoms with Crippen LogP contribution in [0.2, 0.25) is 0 Å². The molecule has 1 amide bonds. The molecule has 1 N–H and O–H groups in total. The van der Waals surface area contributed by atoms with Gasteiger partial charge in [0.2, 0.25) is 5.13 Å². The van der Waals surface area contributed by atoms with Gasteiger partial charge in [0, 0.05) is 5.92 Å². The highest BCUT2D eigenvalue weighted by molar-refractivity contribution is 7.15. The maximum absolute atomic E-state index is 11.9. The van der Waals surface area contributed by atoms with Crippen LogP contribution in [0.3, 0.4) is 0 Å². The van der Waals surface area contributed by atoms with Crippen molar-refractivity contribution in [3.05, 3.63) is 35.3 Å². The number of aromatic nitrogens is 2. The van der Waals surface area contributed by atoms with Gasteiger partial charge in [0.15, 0.2) is 0 Å². The fourth-order valence-corrected chi connectivity index (χ4v) is 3.78. The number of rotatable bonds is 8. The molecule has 1 fully saturated rings. The first-order chi connectivity index (χ1) is 12.3. The summed E-state index contributed by atoms with van der Waals surface area (Å²) in [7, 11) is 0. The summed E-state index contributed by atoms with van der Waals surface area (Å²) in [5.41, 5.74) is 0. The first kappa shape index (κ1) is 17.8. The Morgan fingerprint density at radius 3 is 2.72 bits per heavy atom. The molecule has 0 bridgehead atoms. The van der Waals surface area contributed by atoms with Crippen LogP contribution < -0.4 is 10.1 Å². The lowest BCUT2D eigenvalue weighted by Crippen LogP contribution is -2.20. The Kier molecular flexibility index (Phi) is 6.76. The van der Waals surface area contributed by atoms with E-state index in [0.717, 1.165) is 10.8 Å². The molecule has 3 rings (SSSR count). The van der Waals surface area contributed by atoms with Crippen molar-refractivity contribution in [3.63, 3.8) is 0 Å². The van der Waals surface area contributed by atoms with Gasteiger partial charge in [0.25, 0.3) is 5.91 Å². The molecule has 1 aromatic carbocycles. The Balaban J connectivity index is 1.33. The summed E-state index contributed by atoms with van der Waals surface area (Å²) in [5, 5.41) is 12.6. The average molecular weight is 361 g/mol. The van der Waals surface area contributed by atoms with E-state index in [1.165, 1.54) is 43.4 Å². The van der Waals surface area contributed by atoms with Crippen LogP contribution in [-0.2, 0) is 9.53 Å². The minimum atomic E-state index is -0.217. The third kappa shape index (κ3) is 5.79. The van der Waals surface area contributed by atoms with Gasteiger partial charge in [-0.3, -0.25) is 10.1 Å². The lowest BCUT2D eigenvalue weighted by atomic mass is 9.90. The molecule has 1 aliphatic carbocycles. The highest BCUT2D eigenvalue weighted by Crippen LogP contribution is 2.35. The Hall–Kier alpha value is -1.99. The summed E-state index contributed by atoms with van der Waals surface area (Å²) in [6, 6.07) is 9.51. The zero-order valence-electron chi connectivity index (χ0n) is 14.1. The normalized spacial score (nSPS) is 15.0. The molecule has 25 heavy (non-hydrogen) atoms. The zero-order valence-corrected chi connectivity index (χ0v) is 15.0. The summed E-state index contributed by atoms with van der Waals surface area (Å²) in [4.78, 5) is 11.9. The van der Waals surface area contributed by atoms with Crippen molar-refractivity contribution in [2.75, 3.05) is 25.1 Å². The highest BCUT2D eigenvalue weighted by atomic mass is 32.1. The molecular formula is C18H23N3O3S. The number of carbonyl (C=O) groups is 1. The number of amides is 1. The minimum Gasteiger partial charge on any atom is -0.491 e. The molecule has 7 heteroatoms. The summed E-state index contributed by atoms with van der Waals surface area (Å²) < 4.78 is 10.8. The number of nitrogens with one attached hydrogen (secondary N) is 1. The number of anilines is 1. The number of hydrogen-bond acceptors (Lipinski definition) is 6. The van der Waals surface area contributed by atoms with Gasteiger partial charge in [-0.15, -0.1) is 10.2 Å². The second-order valence-electron chi connectivity index (χ2n) is 6.04. The van der Waals surface area contributed by atoms with Gasteiger partial charge < -0.3 is 9.47 Å². The summed E-state index contributed by atoms with van der Waals surface area (Å²) >= 11 is 1.47. The molecule has 1 aromatic heterocycles. The van der Waals surface area contributed by atoms with E-state index < -0.39 is 0 Å². The number of hydrogen-bond donors (Lipinski definition) is 1. The molecule has 0 radical (unpaired) electrons. The fourth-order valence-electron chi connectivity index (χ4n) is 2.85. The van der Waals surface area contributed by atoms with Crippen LogP contribution in [0.25, 0.3) is 0 Å². The maximum Gasteiger partial charge on any atom is 0.252 e. The van der Waals surface area contributed by atoms with Crippen LogP contribution in [0.5, 0.6) is 5.75 Å². The van der Waals surface area contributed by atoms with E-state index in [2.05, 4.69) is 15.5 Å². The van der Waals surface area contributed by atoms with Crippen LogP contribution in [0.1, 0.15) is 43.0 Å². The third-order valence-electron chi connectivity index (χ3n) is 4.11. The predicted molar refractivity (Wildman–Crippen MR) is 97.1 cm³/mol. The summed E-state index contributed by atoms with van der Waals surface area (Å²) in [5.74, 6) is 1.08. The molecule has 2 aromatic rings. The van der Waals surface area contributed by atoms with Crippen LogP contribution in [-0.4, -0.2) is 35.9 Å². The van der Waals surface area contributed by atoms with Crippen molar-refractivity contribution in [3.8, 4) is 5.75 Å². The molecule has 0 unspecified atom stereocenters. The van der Waals surface area contributed by atoms with Crippen LogP contribution in [0.15, 0.2) is 30.3 Å². The molecule has 134 valence electrons. The van der Waals surface area contributed by atoms with Crippen LogP contribution >= 0.6 is 11.3 Å². The summed E-state index contributed by atoms with van der Waals surface area (Å²) in [6.07, 6.45) is 6.17. The molecule has 0 spiro atoms.